The van der Waals surface area contributed by atoms with E-state index in [2.05, 4.69) is 47.6 Å². The van der Waals surface area contributed by atoms with Gasteiger partial charge in [0.1, 0.15) is 146 Å². The average Bonchev–Trinajstić information content (AvgIpc) is 1.45. The SMILES string of the molecule is C.C[C@H](CCC(OC1OC(COC2OC(CO)C(O)C(O)C2O)C(O)C(O)C1OC1OC(CO)C(O)C(O)C1O)C(C)(C)O)[C@H]1CC[C@@]2(C)C3CC=C4C(CC[C@H](OC5OC(COC6OC(CO)C(O)C(O)C6O)C(O)C(O)C5OC5OC(CO)C(O)C(O)C5O)C4(C)C)[C@]3(C)CC[C@]12C. The monoisotopic (exact) mass is 1450 g/mol. The maximum absolute atomic E-state index is 11.9. The predicted octanol–water partition coefficient (Wildman–Crippen LogP) is -5.92. The summed E-state index contributed by atoms with van der Waals surface area (Å²) in [6, 6.07) is 0. The van der Waals surface area contributed by atoms with E-state index in [1.807, 2.05) is 0 Å². The highest BCUT2D eigenvalue weighted by molar-refractivity contribution is 5.31. The third-order valence-corrected chi connectivity index (χ3v) is 24.9. The molecule has 582 valence electrons. The van der Waals surface area contributed by atoms with Gasteiger partial charge in [0.15, 0.2) is 37.7 Å². The second-order valence-electron chi connectivity index (χ2n) is 31.4. The highest BCUT2D eigenvalue weighted by Gasteiger charge is 2.68. The Morgan fingerprint density at radius 1 is 0.450 bits per heavy atom. The molecule has 6 saturated heterocycles. The smallest absolute Gasteiger partial charge is 0.187 e. The molecule has 21 N–H and O–H groups in total. The first kappa shape index (κ1) is 82.5. The first-order chi connectivity index (χ1) is 46.4. The minimum atomic E-state index is -1.96. The zero-order chi connectivity index (χ0) is 72.7. The molecule has 0 aromatic carbocycles. The summed E-state index contributed by atoms with van der Waals surface area (Å²) in [5, 5.41) is 226. The molecule has 6 heterocycles. The van der Waals surface area contributed by atoms with Gasteiger partial charge in [-0.05, 0) is 112 Å². The lowest BCUT2D eigenvalue weighted by molar-refractivity contribution is -0.380. The molecule has 0 amide bonds. The molecular weight excluding hydrogens is 1330 g/mol. The Morgan fingerprint density at radius 2 is 0.850 bits per heavy atom. The van der Waals surface area contributed by atoms with Gasteiger partial charge >= 0.3 is 0 Å². The predicted molar refractivity (Wildman–Crippen MR) is 338 cm³/mol. The van der Waals surface area contributed by atoms with Gasteiger partial charge in [0.25, 0.3) is 0 Å². The molecule has 4 aliphatic carbocycles. The summed E-state index contributed by atoms with van der Waals surface area (Å²) in [5.41, 5.74) is -1.75. The van der Waals surface area contributed by atoms with Crippen molar-refractivity contribution in [3.05, 3.63) is 11.6 Å². The Morgan fingerprint density at radius 3 is 1.29 bits per heavy atom. The molecule has 0 aromatic rings. The van der Waals surface area contributed by atoms with Crippen LogP contribution in [-0.2, 0) is 56.8 Å². The summed E-state index contributed by atoms with van der Waals surface area (Å²) in [6.45, 7) is 12.2. The fourth-order valence-electron chi connectivity index (χ4n) is 18.4. The van der Waals surface area contributed by atoms with Crippen molar-refractivity contribution in [2.45, 2.75) is 323 Å². The van der Waals surface area contributed by atoms with Gasteiger partial charge in [-0.1, -0.05) is 60.6 Å². The van der Waals surface area contributed by atoms with Gasteiger partial charge in [0, 0.05) is 5.41 Å². The van der Waals surface area contributed by atoms with Crippen molar-refractivity contribution in [2.24, 2.45) is 45.3 Å². The quantitative estimate of drug-likeness (QED) is 0.0424. The highest BCUT2D eigenvalue weighted by Crippen LogP contribution is 2.75. The van der Waals surface area contributed by atoms with Crippen LogP contribution in [0.5, 0.6) is 0 Å². The first-order valence-electron chi connectivity index (χ1n) is 35.0. The maximum atomic E-state index is 11.9. The topological polar surface area (TPSA) is 536 Å². The molecule has 3 saturated carbocycles. The summed E-state index contributed by atoms with van der Waals surface area (Å²) in [5.74, 6) is 0.523. The van der Waals surface area contributed by atoms with Crippen molar-refractivity contribution in [3.8, 4) is 0 Å². The van der Waals surface area contributed by atoms with E-state index in [-0.39, 0.29) is 53.8 Å². The standard InChI is InChI=1S/C66H112O33.CH4/c1-25(9-13-37(63(4,5)87)97-61-55(99-59-53(86)47(80)41(74)32(22-70)93-59)49(82)43(76)34(95-61)24-89-57-51(84)45(78)39(72)30(20-68)91-57)26-15-16-66(8)35-12-10-27-28(64(35,6)17-18-65(26,66)7)11-14-36(62(27,2)3)96-60-54(98-58-52(85)46(79)40(73)31(21-69)92-58)48(81)42(75)33(94-60)23-88-56-50(83)44(77)38(71)29(19-67)90-56;/h10,25-26,28-61,67-87H,9,11-24H2,1-8H3;1H4/t25-,26-,28?,29?,30?,31?,32?,33?,34?,35?,36+,37?,38?,39?,40?,41?,42?,43?,44?,45?,46?,47?,48?,49?,50?,51?,52?,53?,54?,55?,56?,57?,58?,59?,60?,61?,64+,65-,66+;/m1./s1. The Hall–Kier alpha value is -1.58. The Balaban J connectivity index is 0.0000117. The van der Waals surface area contributed by atoms with E-state index in [1.54, 1.807) is 0 Å². The van der Waals surface area contributed by atoms with Crippen molar-refractivity contribution in [1.82, 2.24) is 0 Å². The van der Waals surface area contributed by atoms with E-state index in [4.69, 9.17) is 56.8 Å². The minimum Gasteiger partial charge on any atom is -0.394 e. The molecule has 10 rings (SSSR count). The van der Waals surface area contributed by atoms with Gasteiger partial charge < -0.3 is 164 Å². The molecule has 10 aliphatic rings. The molecule has 0 spiro atoms. The molecule has 6 aliphatic heterocycles. The van der Waals surface area contributed by atoms with Crippen LogP contribution >= 0.6 is 0 Å². The summed E-state index contributed by atoms with van der Waals surface area (Å²) in [6.07, 6.45) is -44.7. The number of hydrogen-bond acceptors (Lipinski definition) is 33. The Bertz CT molecular complexity index is 2630. The molecule has 100 heavy (non-hydrogen) atoms. The van der Waals surface area contributed by atoms with Crippen molar-refractivity contribution in [2.75, 3.05) is 39.6 Å². The van der Waals surface area contributed by atoms with Gasteiger partial charge in [-0.3, -0.25) is 0 Å². The molecule has 9 fully saturated rings. The van der Waals surface area contributed by atoms with Crippen LogP contribution in [0.1, 0.15) is 121 Å². The second-order valence-corrected chi connectivity index (χ2v) is 31.4. The molecule has 0 bridgehead atoms. The third kappa shape index (κ3) is 15.3. The van der Waals surface area contributed by atoms with E-state index in [1.165, 1.54) is 13.8 Å². The van der Waals surface area contributed by atoms with E-state index in [0.29, 0.717) is 19.3 Å². The van der Waals surface area contributed by atoms with E-state index < -0.39 is 247 Å². The van der Waals surface area contributed by atoms with Crippen molar-refractivity contribution in [1.29, 1.82) is 0 Å². The van der Waals surface area contributed by atoms with Gasteiger partial charge in [0.2, 0.25) is 0 Å². The van der Waals surface area contributed by atoms with Gasteiger partial charge in [0.05, 0.1) is 57.5 Å². The number of rotatable bonds is 23. The maximum Gasteiger partial charge on any atom is 0.187 e. The highest BCUT2D eigenvalue weighted by atomic mass is 16.8. The largest absolute Gasteiger partial charge is 0.394 e. The van der Waals surface area contributed by atoms with Crippen molar-refractivity contribution in [3.63, 3.8) is 0 Å². The lowest BCUT2D eigenvalue weighted by atomic mass is 9.39. The van der Waals surface area contributed by atoms with Crippen molar-refractivity contribution >= 4 is 0 Å². The number of hydrogen-bond donors (Lipinski definition) is 21. The Labute approximate surface area is 581 Å². The summed E-state index contributed by atoms with van der Waals surface area (Å²) in [4.78, 5) is 0. The summed E-state index contributed by atoms with van der Waals surface area (Å²) < 4.78 is 72.2. The molecular formula is C67H116O33. The molecule has 0 aromatic heterocycles. The lowest BCUT2D eigenvalue weighted by Crippen LogP contribution is -2.66. The van der Waals surface area contributed by atoms with Crippen LogP contribution in [0.3, 0.4) is 0 Å². The number of allylic oxidation sites excluding steroid dienone is 1. The lowest BCUT2D eigenvalue weighted by Gasteiger charge is -2.66. The molecule has 33 heteroatoms. The van der Waals surface area contributed by atoms with Crippen LogP contribution in [0.15, 0.2) is 11.6 Å². The van der Waals surface area contributed by atoms with Crippen LogP contribution in [0, 0.1) is 45.3 Å². The average molecular weight is 1450 g/mol. The minimum absolute atomic E-state index is 0. The fraction of sp³-hybridized carbons (Fsp3) is 0.970. The zero-order valence-corrected chi connectivity index (χ0v) is 57.3. The molecule has 0 radical (unpaired) electrons. The van der Waals surface area contributed by atoms with E-state index in [0.717, 1.165) is 37.7 Å². The van der Waals surface area contributed by atoms with Crippen LogP contribution < -0.4 is 0 Å². The number of aliphatic hydroxyl groups excluding tert-OH is 20. The summed E-state index contributed by atoms with van der Waals surface area (Å²) >= 11 is 0. The number of ether oxygens (including phenoxy) is 12. The van der Waals surface area contributed by atoms with E-state index in [9.17, 15) is 107 Å². The number of aliphatic hydroxyl groups is 21. The van der Waals surface area contributed by atoms with Crippen LogP contribution in [0.4, 0.5) is 0 Å². The van der Waals surface area contributed by atoms with E-state index >= 15 is 0 Å². The van der Waals surface area contributed by atoms with Crippen molar-refractivity contribution < 1.29 is 164 Å². The van der Waals surface area contributed by atoms with Crippen LogP contribution in [-0.4, -0.2) is 349 Å². The Kier molecular flexibility index (Phi) is 26.7. The summed E-state index contributed by atoms with van der Waals surface area (Å²) in [7, 11) is 0. The first-order valence-corrected chi connectivity index (χ1v) is 35.0. The van der Waals surface area contributed by atoms with Gasteiger partial charge in [-0.15, -0.1) is 0 Å². The third-order valence-electron chi connectivity index (χ3n) is 24.9. The van der Waals surface area contributed by atoms with Crippen LogP contribution in [0.25, 0.3) is 0 Å². The van der Waals surface area contributed by atoms with Gasteiger partial charge in [-0.2, -0.15) is 0 Å². The molecule has 39 atom stereocenters. The normalized spacial score (nSPS) is 51.2. The fourth-order valence-corrected chi connectivity index (χ4v) is 18.4. The van der Waals surface area contributed by atoms with Gasteiger partial charge in [-0.25, -0.2) is 0 Å². The molecule has 33 unspecified atom stereocenters. The zero-order valence-electron chi connectivity index (χ0n) is 57.3. The van der Waals surface area contributed by atoms with Crippen LogP contribution in [0.2, 0.25) is 0 Å². The molecule has 33 nitrogen and oxygen atoms in total. The second kappa shape index (κ2) is 32.3. The number of fused-ring (bicyclic) bond motifs is 5.